The highest BCUT2D eigenvalue weighted by atomic mass is 32.2. The van der Waals surface area contributed by atoms with Crippen LogP contribution in [0.2, 0.25) is 0 Å². The minimum Gasteiger partial charge on any atom is -0.445 e. The molecule has 0 bridgehead atoms. The zero-order valence-electron chi connectivity index (χ0n) is 22.5. The number of nitrogens with one attached hydrogen (secondary N) is 2. The Morgan fingerprint density at radius 1 is 1.14 bits per heavy atom. The number of fused-ring (bicyclic) bond motifs is 1. The lowest BCUT2D eigenvalue weighted by molar-refractivity contribution is 0.0156. The molecule has 2 aliphatic heterocycles. The van der Waals surface area contributed by atoms with Crippen LogP contribution in [0.1, 0.15) is 11.3 Å². The Bertz CT molecular complexity index is 1850. The van der Waals surface area contributed by atoms with Gasteiger partial charge in [-0.3, -0.25) is 5.32 Å². The summed E-state index contributed by atoms with van der Waals surface area (Å²) in [7, 11) is -4.26. The third-order valence-electron chi connectivity index (χ3n) is 6.90. The third-order valence-corrected chi connectivity index (χ3v) is 9.73. The first-order chi connectivity index (χ1) is 20.8. The number of ether oxygens (including phenoxy) is 2. The topological polar surface area (TPSA) is 123 Å². The summed E-state index contributed by atoms with van der Waals surface area (Å²) in [4.78, 5) is 22.4. The lowest BCUT2D eigenvalue weighted by Gasteiger charge is -2.27. The summed E-state index contributed by atoms with van der Waals surface area (Å²) in [5.41, 5.74) is 0.902. The van der Waals surface area contributed by atoms with E-state index in [4.69, 9.17) is 9.47 Å². The zero-order valence-corrected chi connectivity index (χ0v) is 24.2. The number of sulfone groups is 1. The number of nitrogens with zero attached hydrogens (tertiary/aromatic N) is 3. The molecule has 2 aliphatic rings. The fourth-order valence-corrected chi connectivity index (χ4v) is 6.98. The Morgan fingerprint density at radius 3 is 2.77 bits per heavy atom. The Labute approximate surface area is 250 Å². The van der Waals surface area contributed by atoms with Gasteiger partial charge in [0, 0.05) is 31.7 Å². The van der Waals surface area contributed by atoms with Crippen LogP contribution >= 0.6 is 11.3 Å². The van der Waals surface area contributed by atoms with Crippen molar-refractivity contribution in [3.8, 4) is 11.8 Å². The van der Waals surface area contributed by atoms with Crippen molar-refractivity contribution < 1.29 is 31.5 Å². The van der Waals surface area contributed by atoms with Crippen molar-refractivity contribution in [3.63, 3.8) is 0 Å². The van der Waals surface area contributed by atoms with Gasteiger partial charge in [0.2, 0.25) is 9.84 Å². The molecule has 0 aliphatic carbocycles. The fourth-order valence-electron chi connectivity index (χ4n) is 4.72. The molecule has 2 aromatic heterocycles. The standard InChI is InChI=1S/C29H25F2N5O5S2/c30-18-2-1-3-23(12-18)43(38,39)26-7-5-20(14-24(26)31)35-28-27-25(33-17-34-28)15-22(42-27)6-4-19-13-21(16-32-19)41-29(37)36-8-10-40-11-9-36/h1-3,5,7,12,14-15,17,19,21,32H,8-11,13,16H2,(H,33,34,35). The van der Waals surface area contributed by atoms with Crippen LogP contribution in [0.25, 0.3) is 10.2 Å². The number of halogens is 2. The molecule has 2 N–H and O–H groups in total. The van der Waals surface area contributed by atoms with Crippen molar-refractivity contribution in [2.24, 2.45) is 0 Å². The van der Waals surface area contributed by atoms with Crippen molar-refractivity contribution in [1.29, 1.82) is 0 Å². The van der Waals surface area contributed by atoms with Crippen LogP contribution in [0.3, 0.4) is 0 Å². The molecule has 14 heteroatoms. The van der Waals surface area contributed by atoms with Gasteiger partial charge in [-0.2, -0.15) is 0 Å². The van der Waals surface area contributed by atoms with Gasteiger partial charge in [-0.15, -0.1) is 11.3 Å². The Kier molecular flexibility index (Phi) is 8.22. The lowest BCUT2D eigenvalue weighted by Crippen LogP contribution is -2.42. The summed E-state index contributed by atoms with van der Waals surface area (Å²) in [6, 6.07) is 9.67. The quantitative estimate of drug-likeness (QED) is 0.316. The first-order valence-corrected chi connectivity index (χ1v) is 15.7. The van der Waals surface area contributed by atoms with Crippen LogP contribution in [-0.4, -0.2) is 74.4 Å². The summed E-state index contributed by atoms with van der Waals surface area (Å²) in [5, 5.41) is 6.29. The maximum atomic E-state index is 15.0. The van der Waals surface area contributed by atoms with Gasteiger partial charge in [-0.1, -0.05) is 17.9 Å². The molecule has 222 valence electrons. The van der Waals surface area contributed by atoms with Crippen molar-refractivity contribution >= 4 is 49.0 Å². The van der Waals surface area contributed by atoms with Gasteiger partial charge in [0.25, 0.3) is 0 Å². The van der Waals surface area contributed by atoms with Crippen LogP contribution in [-0.2, 0) is 19.3 Å². The monoisotopic (exact) mass is 625 g/mol. The molecule has 1 amide bonds. The minimum atomic E-state index is -4.26. The molecule has 2 atom stereocenters. The van der Waals surface area contributed by atoms with Gasteiger partial charge >= 0.3 is 6.09 Å². The molecular weight excluding hydrogens is 600 g/mol. The highest BCUT2D eigenvalue weighted by molar-refractivity contribution is 7.91. The minimum absolute atomic E-state index is 0.151. The molecule has 0 spiro atoms. The SMILES string of the molecule is O=C(OC1CNC(C#Cc2cc3ncnc(Nc4ccc(S(=O)(=O)c5cccc(F)c5)c(F)c4)c3s2)C1)N1CCOCC1. The van der Waals surface area contributed by atoms with Crippen molar-refractivity contribution in [2.75, 3.05) is 38.2 Å². The van der Waals surface area contributed by atoms with E-state index in [1.165, 1.54) is 35.9 Å². The van der Waals surface area contributed by atoms with E-state index in [1.54, 1.807) is 4.90 Å². The second-order valence-electron chi connectivity index (χ2n) is 9.85. The number of carbonyl (C=O) groups excluding carboxylic acids is 1. The van der Waals surface area contributed by atoms with Gasteiger partial charge < -0.3 is 19.7 Å². The number of benzene rings is 2. The Balaban J connectivity index is 1.13. The fraction of sp³-hybridized carbons (Fsp3) is 0.276. The third kappa shape index (κ3) is 6.45. The van der Waals surface area contributed by atoms with Crippen LogP contribution in [0, 0.1) is 23.5 Å². The van der Waals surface area contributed by atoms with Gasteiger partial charge in [0.15, 0.2) is 5.82 Å². The molecular formula is C29H25F2N5O5S2. The number of amides is 1. The summed E-state index contributed by atoms with van der Waals surface area (Å²) in [6.45, 7) is 2.57. The maximum absolute atomic E-state index is 15.0. The largest absolute Gasteiger partial charge is 0.445 e. The maximum Gasteiger partial charge on any atom is 0.410 e. The van der Waals surface area contributed by atoms with Gasteiger partial charge in [0.1, 0.15) is 29.0 Å². The molecule has 2 aromatic carbocycles. The molecule has 43 heavy (non-hydrogen) atoms. The number of anilines is 2. The predicted octanol–water partition coefficient (Wildman–Crippen LogP) is 4.10. The van der Waals surface area contributed by atoms with E-state index in [2.05, 4.69) is 32.4 Å². The lowest BCUT2D eigenvalue weighted by atomic mass is 10.2. The summed E-state index contributed by atoms with van der Waals surface area (Å²) in [6.07, 6.45) is 1.32. The van der Waals surface area contributed by atoms with E-state index >= 15 is 0 Å². The Morgan fingerprint density at radius 2 is 1.98 bits per heavy atom. The average molecular weight is 626 g/mol. The molecule has 2 fully saturated rings. The molecule has 2 unspecified atom stereocenters. The molecule has 4 aromatic rings. The van der Waals surface area contributed by atoms with E-state index in [9.17, 15) is 22.0 Å². The normalized spacial score (nSPS) is 18.7. The van der Waals surface area contributed by atoms with Crippen LogP contribution in [0.15, 0.2) is 64.6 Å². The highest BCUT2D eigenvalue weighted by Gasteiger charge is 2.28. The van der Waals surface area contributed by atoms with Crippen molar-refractivity contribution in [1.82, 2.24) is 20.2 Å². The Hall–Kier alpha value is -4.16. The number of hydrogen-bond acceptors (Lipinski definition) is 10. The second kappa shape index (κ2) is 12.2. The summed E-state index contributed by atoms with van der Waals surface area (Å²) in [5.74, 6) is 5.00. The average Bonchev–Trinajstić information content (AvgIpc) is 3.63. The number of carbonyl (C=O) groups is 1. The zero-order chi connectivity index (χ0) is 30.0. The molecule has 4 heterocycles. The molecule has 2 saturated heterocycles. The first kappa shape index (κ1) is 28.9. The van der Waals surface area contributed by atoms with Gasteiger partial charge in [0.05, 0.1) is 39.2 Å². The van der Waals surface area contributed by atoms with Crippen molar-refractivity contribution in [2.45, 2.75) is 28.4 Å². The van der Waals surface area contributed by atoms with Crippen molar-refractivity contribution in [3.05, 3.63) is 71.4 Å². The molecule has 0 saturated carbocycles. The number of aromatic nitrogens is 2. The summed E-state index contributed by atoms with van der Waals surface area (Å²) < 4.78 is 65.8. The van der Waals surface area contributed by atoms with Gasteiger partial charge in [-0.25, -0.2) is 32.0 Å². The smallest absolute Gasteiger partial charge is 0.410 e. The molecule has 10 nitrogen and oxygen atoms in total. The summed E-state index contributed by atoms with van der Waals surface area (Å²) >= 11 is 1.35. The second-order valence-corrected chi connectivity index (χ2v) is 12.8. The number of hydrogen-bond donors (Lipinski definition) is 2. The van der Waals surface area contributed by atoms with Crippen LogP contribution < -0.4 is 10.6 Å². The first-order valence-electron chi connectivity index (χ1n) is 13.4. The van der Waals surface area contributed by atoms with E-state index in [0.29, 0.717) is 55.3 Å². The van der Waals surface area contributed by atoms with Gasteiger partial charge in [-0.05, 0) is 42.5 Å². The van der Waals surface area contributed by atoms with E-state index in [1.807, 2.05) is 6.07 Å². The van der Waals surface area contributed by atoms with E-state index < -0.39 is 26.4 Å². The van der Waals surface area contributed by atoms with Crippen LogP contribution in [0.4, 0.5) is 25.1 Å². The number of thiophene rings is 1. The number of morpholine rings is 1. The number of rotatable bonds is 5. The molecule has 0 radical (unpaired) electrons. The highest BCUT2D eigenvalue weighted by Crippen LogP contribution is 2.32. The van der Waals surface area contributed by atoms with E-state index in [0.717, 1.165) is 29.1 Å². The van der Waals surface area contributed by atoms with Crippen LogP contribution in [0.5, 0.6) is 0 Å². The van der Waals surface area contributed by atoms with E-state index in [-0.39, 0.29) is 28.8 Å². The molecule has 6 rings (SSSR count). The predicted molar refractivity (Wildman–Crippen MR) is 155 cm³/mol.